The lowest BCUT2D eigenvalue weighted by molar-refractivity contribution is -0.943. The highest BCUT2D eigenvalue weighted by molar-refractivity contribution is 4.79. The lowest BCUT2D eigenvalue weighted by Gasteiger charge is -2.50. The Hall–Kier alpha value is -0.0400. The van der Waals surface area contributed by atoms with E-state index in [2.05, 4.69) is 14.0 Å². The largest absolute Gasteiger partial charge is 0.323 e. The fourth-order valence-electron chi connectivity index (χ4n) is 4.01. The maximum absolute atomic E-state index is 2.52. The highest BCUT2D eigenvalue weighted by Crippen LogP contribution is 2.38. The van der Waals surface area contributed by atoms with Crippen molar-refractivity contribution < 1.29 is 4.48 Å². The number of nitrogens with zero attached hydrogens (tertiary/aromatic N) is 1. The highest BCUT2D eigenvalue weighted by Gasteiger charge is 2.42. The van der Waals surface area contributed by atoms with Crippen molar-refractivity contribution in [1.29, 1.82) is 0 Å². The van der Waals surface area contributed by atoms with Crippen molar-refractivity contribution in [3.05, 3.63) is 0 Å². The molecule has 82 valence electrons. The van der Waals surface area contributed by atoms with Crippen LogP contribution in [-0.4, -0.2) is 30.7 Å². The average molecular weight is 196 g/mol. The Balaban J connectivity index is 2.07. The van der Waals surface area contributed by atoms with Gasteiger partial charge in [0.05, 0.1) is 26.2 Å². The minimum Gasteiger partial charge on any atom is -0.323 e. The molecule has 1 saturated heterocycles. The molecule has 1 aliphatic carbocycles. The normalized spacial score (nSPS) is 43.3. The van der Waals surface area contributed by atoms with Crippen molar-refractivity contribution in [3.63, 3.8) is 0 Å². The fraction of sp³-hybridized carbons (Fsp3) is 1.00. The van der Waals surface area contributed by atoms with Crippen molar-refractivity contribution >= 4 is 0 Å². The van der Waals surface area contributed by atoms with Crippen molar-refractivity contribution in [1.82, 2.24) is 0 Å². The van der Waals surface area contributed by atoms with E-state index in [1.807, 2.05) is 0 Å². The van der Waals surface area contributed by atoms with Gasteiger partial charge in [-0.3, -0.25) is 0 Å². The van der Waals surface area contributed by atoms with Gasteiger partial charge in [0.15, 0.2) is 0 Å². The Bertz CT molecular complexity index is 184. The van der Waals surface area contributed by atoms with E-state index >= 15 is 0 Å². The number of quaternary nitrogens is 1. The molecule has 1 nitrogen and oxygen atoms in total. The summed E-state index contributed by atoms with van der Waals surface area (Å²) in [6.45, 7) is 5.21. The molecule has 2 aliphatic rings. The van der Waals surface area contributed by atoms with Gasteiger partial charge in [0.25, 0.3) is 0 Å². The number of piperidine rings is 1. The first-order valence-electron chi connectivity index (χ1n) is 6.60. The van der Waals surface area contributed by atoms with Crippen LogP contribution in [0.2, 0.25) is 0 Å². The molecule has 0 bridgehead atoms. The third kappa shape index (κ3) is 1.84. The Morgan fingerprint density at radius 3 is 2.57 bits per heavy atom. The summed E-state index contributed by atoms with van der Waals surface area (Å²) < 4.78 is 1.40. The van der Waals surface area contributed by atoms with Gasteiger partial charge in [-0.25, -0.2) is 0 Å². The summed E-state index contributed by atoms with van der Waals surface area (Å²) in [4.78, 5) is 0. The first-order chi connectivity index (χ1) is 6.76. The van der Waals surface area contributed by atoms with Crippen molar-refractivity contribution in [3.8, 4) is 0 Å². The molecule has 0 amide bonds. The summed E-state index contributed by atoms with van der Waals surface area (Å²) >= 11 is 0. The summed E-state index contributed by atoms with van der Waals surface area (Å²) in [6.07, 6.45) is 10.4. The molecule has 0 spiro atoms. The number of hydrogen-bond donors (Lipinski definition) is 0. The average Bonchev–Trinajstić information content (AvgIpc) is 2.19. The van der Waals surface area contributed by atoms with Crippen LogP contribution in [0.5, 0.6) is 0 Å². The molecule has 3 atom stereocenters. The number of likely N-dealkylation sites (tertiary alicyclic amines) is 1. The highest BCUT2D eigenvalue weighted by atomic mass is 15.4. The minimum absolute atomic E-state index is 1.03. The molecule has 0 aromatic rings. The summed E-state index contributed by atoms with van der Waals surface area (Å²) in [6, 6.07) is 1.03. The SMILES string of the molecule is CCC[N+]1(C)CCCC2CCCCC21. The molecule has 3 unspecified atom stereocenters. The summed E-state index contributed by atoms with van der Waals surface area (Å²) in [7, 11) is 2.52. The first-order valence-corrected chi connectivity index (χ1v) is 6.60. The zero-order valence-electron chi connectivity index (χ0n) is 9.97. The molecule has 1 heteroatoms. The van der Waals surface area contributed by atoms with E-state index in [9.17, 15) is 0 Å². The molecule has 0 N–H and O–H groups in total. The second-order valence-corrected chi connectivity index (χ2v) is 5.68. The van der Waals surface area contributed by atoms with E-state index in [4.69, 9.17) is 0 Å². The molecule has 14 heavy (non-hydrogen) atoms. The molecule has 2 rings (SSSR count). The Morgan fingerprint density at radius 2 is 1.79 bits per heavy atom. The van der Waals surface area contributed by atoms with Gasteiger partial charge in [0.2, 0.25) is 0 Å². The van der Waals surface area contributed by atoms with Gasteiger partial charge in [-0.15, -0.1) is 0 Å². The van der Waals surface area contributed by atoms with Gasteiger partial charge in [-0.1, -0.05) is 13.3 Å². The standard InChI is InChI=1S/C13H26N/c1-3-10-14(2)11-6-8-12-7-4-5-9-13(12)14/h12-13H,3-11H2,1-2H3/q+1. The van der Waals surface area contributed by atoms with Gasteiger partial charge in [0.1, 0.15) is 0 Å². The van der Waals surface area contributed by atoms with E-state index < -0.39 is 0 Å². The molecule has 1 saturated carbocycles. The molecule has 0 aromatic heterocycles. The maximum Gasteiger partial charge on any atom is 0.0916 e. The zero-order valence-corrected chi connectivity index (χ0v) is 9.97. The second kappa shape index (κ2) is 4.22. The van der Waals surface area contributed by atoms with Crippen LogP contribution in [0.3, 0.4) is 0 Å². The van der Waals surface area contributed by atoms with E-state index in [1.54, 1.807) is 0 Å². The molecule has 1 aliphatic heterocycles. The Kier molecular flexibility index (Phi) is 3.16. The quantitative estimate of drug-likeness (QED) is 0.595. The van der Waals surface area contributed by atoms with Gasteiger partial charge < -0.3 is 4.48 Å². The van der Waals surface area contributed by atoms with Crippen molar-refractivity contribution in [2.45, 2.75) is 57.9 Å². The van der Waals surface area contributed by atoms with Crippen LogP contribution in [0.4, 0.5) is 0 Å². The lowest BCUT2D eigenvalue weighted by Crippen LogP contribution is -2.59. The van der Waals surface area contributed by atoms with E-state index in [1.165, 1.54) is 62.5 Å². The Labute approximate surface area is 89.1 Å². The van der Waals surface area contributed by atoms with Gasteiger partial charge >= 0.3 is 0 Å². The van der Waals surface area contributed by atoms with E-state index in [0.717, 1.165) is 12.0 Å². The van der Waals surface area contributed by atoms with Crippen LogP contribution in [0, 0.1) is 5.92 Å². The third-order valence-electron chi connectivity index (χ3n) is 4.65. The van der Waals surface area contributed by atoms with E-state index in [-0.39, 0.29) is 0 Å². The minimum atomic E-state index is 1.03. The van der Waals surface area contributed by atoms with Crippen LogP contribution in [-0.2, 0) is 0 Å². The van der Waals surface area contributed by atoms with Crippen LogP contribution in [0.15, 0.2) is 0 Å². The van der Waals surface area contributed by atoms with Gasteiger partial charge in [-0.05, 0) is 38.5 Å². The van der Waals surface area contributed by atoms with E-state index in [0.29, 0.717) is 0 Å². The van der Waals surface area contributed by atoms with Crippen LogP contribution in [0.25, 0.3) is 0 Å². The van der Waals surface area contributed by atoms with Crippen molar-refractivity contribution in [2.24, 2.45) is 5.92 Å². The predicted octanol–water partition coefficient (Wildman–Crippen LogP) is 3.20. The van der Waals surface area contributed by atoms with Crippen LogP contribution >= 0.6 is 0 Å². The number of rotatable bonds is 2. The van der Waals surface area contributed by atoms with Gasteiger partial charge in [0, 0.05) is 5.92 Å². The summed E-state index contributed by atoms with van der Waals surface area (Å²) in [5.41, 5.74) is 0. The number of fused-ring (bicyclic) bond motifs is 1. The molecule has 0 aromatic carbocycles. The summed E-state index contributed by atoms with van der Waals surface area (Å²) in [5, 5.41) is 0. The van der Waals surface area contributed by atoms with Crippen molar-refractivity contribution in [2.75, 3.05) is 20.1 Å². The molecule has 1 heterocycles. The fourth-order valence-corrected chi connectivity index (χ4v) is 4.01. The number of hydrogen-bond acceptors (Lipinski definition) is 0. The topological polar surface area (TPSA) is 0 Å². The lowest BCUT2D eigenvalue weighted by atomic mass is 9.77. The molecular formula is C13H26N+. The summed E-state index contributed by atoms with van der Waals surface area (Å²) in [5.74, 6) is 1.08. The molecule has 0 radical (unpaired) electrons. The monoisotopic (exact) mass is 196 g/mol. The van der Waals surface area contributed by atoms with Crippen LogP contribution in [0.1, 0.15) is 51.9 Å². The molecule has 2 fully saturated rings. The predicted molar refractivity (Wildman–Crippen MR) is 61.2 cm³/mol. The maximum atomic E-state index is 2.52. The Morgan fingerprint density at radius 1 is 1.07 bits per heavy atom. The second-order valence-electron chi connectivity index (χ2n) is 5.68. The first kappa shape index (κ1) is 10.5. The molecular weight excluding hydrogens is 170 g/mol. The smallest absolute Gasteiger partial charge is 0.0916 e. The zero-order chi connectivity index (χ0) is 10.0. The van der Waals surface area contributed by atoms with Gasteiger partial charge in [-0.2, -0.15) is 0 Å². The van der Waals surface area contributed by atoms with Crippen LogP contribution < -0.4 is 0 Å². The third-order valence-corrected chi connectivity index (χ3v) is 4.65.